The first kappa shape index (κ1) is 14.1. The fourth-order valence-corrected chi connectivity index (χ4v) is 2.68. The van der Waals surface area contributed by atoms with E-state index >= 15 is 0 Å². The van der Waals surface area contributed by atoms with Gasteiger partial charge < -0.3 is 14.4 Å². The molecule has 5 heteroatoms. The number of nitrogens with zero attached hydrogens (tertiary/aromatic N) is 2. The van der Waals surface area contributed by atoms with Gasteiger partial charge in [0.2, 0.25) is 5.76 Å². The third kappa shape index (κ3) is 3.16. The standard InChI is InChI=1S/C14H22N2O3/c1-10(12-6-7-13(19-12)14(17)18)16(3)11-5-4-8-15(2)9-11/h6-7,10-11H,4-5,8-9H2,1-3H3,(H,17,18). The number of furan rings is 1. The third-order valence-corrected chi connectivity index (χ3v) is 4.04. The Morgan fingerprint density at radius 3 is 2.89 bits per heavy atom. The van der Waals surface area contributed by atoms with Crippen LogP contribution in [0.25, 0.3) is 0 Å². The molecule has 1 aromatic rings. The number of rotatable bonds is 4. The molecule has 0 spiro atoms. The summed E-state index contributed by atoms with van der Waals surface area (Å²) in [4.78, 5) is 15.5. The Bertz CT molecular complexity index is 444. The average molecular weight is 266 g/mol. The summed E-state index contributed by atoms with van der Waals surface area (Å²) in [5.41, 5.74) is 0. The Kier molecular flexibility index (Phi) is 4.27. The Labute approximate surface area is 113 Å². The summed E-state index contributed by atoms with van der Waals surface area (Å²) in [6.45, 7) is 4.26. The van der Waals surface area contributed by atoms with E-state index in [4.69, 9.17) is 9.52 Å². The monoisotopic (exact) mass is 266 g/mol. The van der Waals surface area contributed by atoms with E-state index in [2.05, 4.69) is 30.8 Å². The van der Waals surface area contributed by atoms with E-state index in [1.54, 1.807) is 6.07 Å². The summed E-state index contributed by atoms with van der Waals surface area (Å²) in [6, 6.07) is 3.86. The molecule has 0 saturated carbocycles. The van der Waals surface area contributed by atoms with Gasteiger partial charge >= 0.3 is 5.97 Å². The minimum Gasteiger partial charge on any atom is -0.475 e. The van der Waals surface area contributed by atoms with E-state index in [-0.39, 0.29) is 11.8 Å². The average Bonchev–Trinajstić information content (AvgIpc) is 2.86. The van der Waals surface area contributed by atoms with Gasteiger partial charge in [0.1, 0.15) is 5.76 Å². The van der Waals surface area contributed by atoms with Crippen molar-refractivity contribution >= 4 is 5.97 Å². The van der Waals surface area contributed by atoms with Gasteiger partial charge in [0.05, 0.1) is 6.04 Å². The highest BCUT2D eigenvalue weighted by Crippen LogP contribution is 2.26. The Hall–Kier alpha value is -1.33. The zero-order valence-corrected chi connectivity index (χ0v) is 11.8. The molecule has 2 heterocycles. The lowest BCUT2D eigenvalue weighted by Gasteiger charge is -2.38. The molecule has 2 atom stereocenters. The predicted octanol–water partition coefficient (Wildman–Crippen LogP) is 2.06. The maximum atomic E-state index is 10.8. The Morgan fingerprint density at radius 2 is 2.32 bits per heavy atom. The van der Waals surface area contributed by atoms with Crippen LogP contribution in [-0.2, 0) is 0 Å². The highest BCUT2D eigenvalue weighted by Gasteiger charge is 2.26. The minimum atomic E-state index is -1.02. The fourth-order valence-electron chi connectivity index (χ4n) is 2.68. The van der Waals surface area contributed by atoms with Crippen LogP contribution < -0.4 is 0 Å². The van der Waals surface area contributed by atoms with Crippen LogP contribution >= 0.6 is 0 Å². The zero-order chi connectivity index (χ0) is 14.0. The largest absolute Gasteiger partial charge is 0.475 e. The van der Waals surface area contributed by atoms with E-state index in [0.29, 0.717) is 11.8 Å². The second-order valence-electron chi connectivity index (χ2n) is 5.41. The molecule has 1 saturated heterocycles. The van der Waals surface area contributed by atoms with E-state index in [1.165, 1.54) is 18.9 Å². The van der Waals surface area contributed by atoms with E-state index in [0.717, 1.165) is 13.1 Å². The van der Waals surface area contributed by atoms with Crippen LogP contribution in [-0.4, -0.2) is 54.1 Å². The topological polar surface area (TPSA) is 56.9 Å². The molecule has 1 aromatic heterocycles. The minimum absolute atomic E-state index is 0.0102. The maximum absolute atomic E-state index is 10.8. The van der Waals surface area contributed by atoms with Gasteiger partial charge in [-0.1, -0.05) is 0 Å². The molecular formula is C14H22N2O3. The molecule has 19 heavy (non-hydrogen) atoms. The molecule has 2 rings (SSSR count). The van der Waals surface area contributed by atoms with Crippen LogP contribution in [0.2, 0.25) is 0 Å². The number of carboxylic acids is 1. The summed E-state index contributed by atoms with van der Waals surface area (Å²) >= 11 is 0. The molecule has 1 N–H and O–H groups in total. The molecule has 0 bridgehead atoms. The lowest BCUT2D eigenvalue weighted by Crippen LogP contribution is -2.45. The summed E-state index contributed by atoms with van der Waals surface area (Å²) < 4.78 is 5.39. The summed E-state index contributed by atoms with van der Waals surface area (Å²) in [6.07, 6.45) is 2.38. The van der Waals surface area contributed by atoms with Crippen molar-refractivity contribution in [1.29, 1.82) is 0 Å². The van der Waals surface area contributed by atoms with Crippen LogP contribution in [0, 0.1) is 0 Å². The maximum Gasteiger partial charge on any atom is 0.371 e. The number of likely N-dealkylation sites (tertiary alicyclic amines) is 1. The first-order valence-electron chi connectivity index (χ1n) is 6.72. The summed E-state index contributed by atoms with van der Waals surface area (Å²) in [5, 5.41) is 8.89. The second kappa shape index (κ2) is 5.75. The second-order valence-corrected chi connectivity index (χ2v) is 5.41. The lowest BCUT2D eigenvalue weighted by molar-refractivity contribution is 0.0648. The van der Waals surface area contributed by atoms with Gasteiger partial charge in [0.25, 0.3) is 0 Å². The number of likely N-dealkylation sites (N-methyl/N-ethyl adjacent to an activating group) is 2. The molecule has 1 aliphatic heterocycles. The van der Waals surface area contributed by atoms with Gasteiger partial charge in [-0.2, -0.15) is 0 Å². The fraction of sp³-hybridized carbons (Fsp3) is 0.643. The molecule has 0 radical (unpaired) electrons. The normalized spacial score (nSPS) is 22.6. The van der Waals surface area contributed by atoms with Gasteiger partial charge in [-0.05, 0) is 52.5 Å². The molecule has 1 aliphatic rings. The molecule has 0 amide bonds. The van der Waals surface area contributed by atoms with Crippen molar-refractivity contribution in [2.24, 2.45) is 0 Å². The van der Waals surface area contributed by atoms with Crippen LogP contribution in [0.3, 0.4) is 0 Å². The van der Waals surface area contributed by atoms with Crippen LogP contribution in [0.4, 0.5) is 0 Å². The highest BCUT2D eigenvalue weighted by molar-refractivity contribution is 5.84. The molecule has 0 aromatic carbocycles. The van der Waals surface area contributed by atoms with E-state index in [1.807, 2.05) is 0 Å². The molecule has 106 valence electrons. The molecule has 5 nitrogen and oxygen atoms in total. The quantitative estimate of drug-likeness (QED) is 0.904. The first-order valence-corrected chi connectivity index (χ1v) is 6.72. The van der Waals surface area contributed by atoms with Crippen LogP contribution in [0.1, 0.15) is 42.1 Å². The van der Waals surface area contributed by atoms with Crippen molar-refractivity contribution < 1.29 is 14.3 Å². The third-order valence-electron chi connectivity index (χ3n) is 4.04. The van der Waals surface area contributed by atoms with Gasteiger partial charge in [0, 0.05) is 12.6 Å². The Morgan fingerprint density at radius 1 is 1.58 bits per heavy atom. The molecule has 1 fully saturated rings. The van der Waals surface area contributed by atoms with Gasteiger partial charge in [0.15, 0.2) is 0 Å². The summed E-state index contributed by atoms with van der Waals surface area (Å²) in [7, 11) is 4.22. The van der Waals surface area contributed by atoms with Crippen LogP contribution in [0.15, 0.2) is 16.5 Å². The predicted molar refractivity (Wildman–Crippen MR) is 72.4 cm³/mol. The number of carbonyl (C=O) groups is 1. The van der Waals surface area contributed by atoms with Gasteiger partial charge in [-0.25, -0.2) is 4.79 Å². The molecule has 2 unspecified atom stereocenters. The van der Waals surface area contributed by atoms with Gasteiger partial charge in [-0.15, -0.1) is 0 Å². The highest BCUT2D eigenvalue weighted by atomic mass is 16.4. The van der Waals surface area contributed by atoms with Crippen molar-refractivity contribution in [2.45, 2.75) is 31.8 Å². The van der Waals surface area contributed by atoms with Crippen molar-refractivity contribution in [3.63, 3.8) is 0 Å². The number of hydrogen-bond donors (Lipinski definition) is 1. The van der Waals surface area contributed by atoms with Crippen molar-refractivity contribution in [1.82, 2.24) is 9.80 Å². The summed E-state index contributed by atoms with van der Waals surface area (Å²) in [5.74, 6) is -0.289. The number of aromatic carboxylic acids is 1. The molecule has 0 aliphatic carbocycles. The van der Waals surface area contributed by atoms with Crippen molar-refractivity contribution in [3.8, 4) is 0 Å². The van der Waals surface area contributed by atoms with Crippen molar-refractivity contribution in [2.75, 3.05) is 27.2 Å². The SMILES string of the molecule is CC(c1ccc(C(=O)O)o1)N(C)C1CCCN(C)C1. The zero-order valence-electron chi connectivity index (χ0n) is 11.8. The number of hydrogen-bond acceptors (Lipinski definition) is 4. The number of carboxylic acid groups (broad SMARTS) is 1. The number of piperidine rings is 1. The smallest absolute Gasteiger partial charge is 0.371 e. The van der Waals surface area contributed by atoms with Crippen molar-refractivity contribution in [3.05, 3.63) is 23.7 Å². The molecular weight excluding hydrogens is 244 g/mol. The van der Waals surface area contributed by atoms with Gasteiger partial charge in [-0.3, -0.25) is 4.90 Å². The first-order chi connectivity index (χ1) is 8.99. The Balaban J connectivity index is 2.04. The van der Waals surface area contributed by atoms with Crippen LogP contribution in [0.5, 0.6) is 0 Å². The van der Waals surface area contributed by atoms with E-state index in [9.17, 15) is 4.79 Å². The van der Waals surface area contributed by atoms with E-state index < -0.39 is 5.97 Å². The lowest BCUT2D eigenvalue weighted by atomic mass is 10.0.